The molecular weight excluding hydrogens is 381 g/mol. The van der Waals surface area contributed by atoms with Gasteiger partial charge in [0.15, 0.2) is 10.8 Å². The number of nitrogens with zero attached hydrogens (tertiary/aromatic N) is 3. The standard InChI is InChI=1S/C17H15Cl2N3O2S/c1-17(2,15(23)24)25-16-21-14-12(7-8-13(19)20-14)22(16)9-10-3-5-11(18)6-4-10/h3-8H,9H2,1-2H3,(H,23,24). The number of imidazole rings is 1. The van der Waals surface area contributed by atoms with E-state index in [-0.39, 0.29) is 0 Å². The number of hydrogen-bond donors (Lipinski definition) is 1. The molecule has 3 rings (SSSR count). The Bertz CT molecular complexity index is 939. The third-order valence-electron chi connectivity index (χ3n) is 3.66. The monoisotopic (exact) mass is 395 g/mol. The van der Waals surface area contributed by atoms with Gasteiger partial charge in [-0.2, -0.15) is 0 Å². The van der Waals surface area contributed by atoms with Crippen LogP contribution in [0.4, 0.5) is 0 Å². The molecule has 0 fully saturated rings. The number of pyridine rings is 1. The van der Waals surface area contributed by atoms with Gasteiger partial charge < -0.3 is 9.67 Å². The van der Waals surface area contributed by atoms with E-state index in [0.717, 1.165) is 11.1 Å². The van der Waals surface area contributed by atoms with Crippen molar-refractivity contribution in [2.75, 3.05) is 0 Å². The third kappa shape index (κ3) is 3.92. The van der Waals surface area contributed by atoms with Crippen LogP contribution in [0.5, 0.6) is 0 Å². The summed E-state index contributed by atoms with van der Waals surface area (Å²) in [6.07, 6.45) is 0. The van der Waals surface area contributed by atoms with Gasteiger partial charge in [-0.25, -0.2) is 9.97 Å². The molecule has 0 spiro atoms. The van der Waals surface area contributed by atoms with Gasteiger partial charge in [-0.05, 0) is 43.7 Å². The zero-order valence-electron chi connectivity index (χ0n) is 13.5. The first-order valence-electron chi connectivity index (χ1n) is 7.46. The predicted octanol–water partition coefficient (Wildman–Crippen LogP) is 4.74. The van der Waals surface area contributed by atoms with Gasteiger partial charge in [-0.1, -0.05) is 47.1 Å². The molecule has 0 saturated heterocycles. The fraction of sp³-hybridized carbons (Fsp3) is 0.235. The highest BCUT2D eigenvalue weighted by Crippen LogP contribution is 2.34. The van der Waals surface area contributed by atoms with Crippen molar-refractivity contribution in [3.05, 3.63) is 52.1 Å². The molecule has 0 radical (unpaired) electrons. The second-order valence-corrected chi connectivity index (χ2v) is 8.41. The minimum absolute atomic E-state index is 0.345. The number of rotatable bonds is 5. The Balaban J connectivity index is 2.08. The van der Waals surface area contributed by atoms with E-state index < -0.39 is 10.7 Å². The maximum Gasteiger partial charge on any atom is 0.319 e. The van der Waals surface area contributed by atoms with Crippen LogP contribution in [0.1, 0.15) is 19.4 Å². The Labute approximate surface area is 159 Å². The van der Waals surface area contributed by atoms with Crippen LogP contribution in [0.15, 0.2) is 41.6 Å². The molecule has 0 aliphatic carbocycles. The Kier molecular flexibility index (Phi) is 4.95. The minimum atomic E-state index is -1.02. The summed E-state index contributed by atoms with van der Waals surface area (Å²) in [5.74, 6) is -0.909. The first-order chi connectivity index (χ1) is 11.8. The Morgan fingerprint density at radius 2 is 1.84 bits per heavy atom. The number of aromatic nitrogens is 3. The van der Waals surface area contributed by atoms with E-state index in [1.807, 2.05) is 34.9 Å². The van der Waals surface area contributed by atoms with E-state index in [9.17, 15) is 9.90 Å². The summed E-state index contributed by atoms with van der Waals surface area (Å²) in [6.45, 7) is 3.81. The van der Waals surface area contributed by atoms with Crippen molar-refractivity contribution in [2.45, 2.75) is 30.3 Å². The van der Waals surface area contributed by atoms with Crippen LogP contribution in [0.3, 0.4) is 0 Å². The molecule has 25 heavy (non-hydrogen) atoms. The van der Waals surface area contributed by atoms with Crippen molar-refractivity contribution in [1.82, 2.24) is 14.5 Å². The SMILES string of the molecule is CC(C)(Sc1nc2nc(Cl)ccc2n1Cc1ccc(Cl)cc1)C(=O)O. The maximum absolute atomic E-state index is 11.5. The Morgan fingerprint density at radius 1 is 1.16 bits per heavy atom. The maximum atomic E-state index is 11.5. The van der Waals surface area contributed by atoms with Gasteiger partial charge in [-0.15, -0.1) is 0 Å². The molecule has 0 aliphatic rings. The number of thioether (sulfide) groups is 1. The Morgan fingerprint density at radius 3 is 2.48 bits per heavy atom. The predicted molar refractivity (Wildman–Crippen MR) is 101 cm³/mol. The summed E-state index contributed by atoms with van der Waals surface area (Å²) in [7, 11) is 0. The van der Waals surface area contributed by atoms with Crippen molar-refractivity contribution in [2.24, 2.45) is 0 Å². The highest BCUT2D eigenvalue weighted by molar-refractivity contribution is 8.01. The second-order valence-electron chi connectivity index (χ2n) is 6.00. The second kappa shape index (κ2) is 6.86. The van der Waals surface area contributed by atoms with Crippen LogP contribution in [0.2, 0.25) is 10.2 Å². The van der Waals surface area contributed by atoms with Crippen molar-refractivity contribution in [1.29, 1.82) is 0 Å². The van der Waals surface area contributed by atoms with E-state index in [1.165, 1.54) is 11.8 Å². The summed E-state index contributed by atoms with van der Waals surface area (Å²) in [5.41, 5.74) is 2.31. The lowest BCUT2D eigenvalue weighted by Gasteiger charge is -2.18. The highest BCUT2D eigenvalue weighted by Gasteiger charge is 2.31. The quantitative estimate of drug-likeness (QED) is 0.498. The molecule has 2 aromatic heterocycles. The van der Waals surface area contributed by atoms with Gasteiger partial charge in [-0.3, -0.25) is 4.79 Å². The number of carboxylic acids is 1. The molecule has 130 valence electrons. The van der Waals surface area contributed by atoms with E-state index >= 15 is 0 Å². The van der Waals surface area contributed by atoms with Crippen LogP contribution in [0, 0.1) is 0 Å². The third-order valence-corrected chi connectivity index (χ3v) is 5.30. The average Bonchev–Trinajstić information content (AvgIpc) is 2.85. The van der Waals surface area contributed by atoms with E-state index in [4.69, 9.17) is 23.2 Å². The molecule has 0 amide bonds. The lowest BCUT2D eigenvalue weighted by atomic mass is 10.2. The van der Waals surface area contributed by atoms with Gasteiger partial charge in [0.05, 0.1) is 12.1 Å². The number of hydrogen-bond acceptors (Lipinski definition) is 4. The number of fused-ring (bicyclic) bond motifs is 1. The zero-order chi connectivity index (χ0) is 18.2. The number of benzene rings is 1. The molecule has 0 atom stereocenters. The molecule has 0 aliphatic heterocycles. The highest BCUT2D eigenvalue weighted by atomic mass is 35.5. The largest absolute Gasteiger partial charge is 0.480 e. The topological polar surface area (TPSA) is 68.0 Å². The summed E-state index contributed by atoms with van der Waals surface area (Å²) in [5, 5.41) is 11.0. The van der Waals surface area contributed by atoms with Crippen LogP contribution in [0.25, 0.3) is 11.2 Å². The molecule has 5 nitrogen and oxygen atoms in total. The van der Waals surface area contributed by atoms with Gasteiger partial charge in [0.2, 0.25) is 0 Å². The number of carbonyl (C=O) groups is 1. The molecule has 2 heterocycles. The van der Waals surface area contributed by atoms with Crippen LogP contribution in [-0.4, -0.2) is 30.4 Å². The smallest absolute Gasteiger partial charge is 0.319 e. The summed E-state index contributed by atoms with van der Waals surface area (Å²) < 4.78 is 0.917. The van der Waals surface area contributed by atoms with Crippen LogP contribution >= 0.6 is 35.0 Å². The van der Waals surface area contributed by atoms with E-state index in [2.05, 4.69) is 9.97 Å². The summed E-state index contributed by atoms with van der Waals surface area (Å²) >= 11 is 13.1. The zero-order valence-corrected chi connectivity index (χ0v) is 15.9. The van der Waals surface area contributed by atoms with Crippen molar-refractivity contribution in [3.8, 4) is 0 Å². The molecule has 0 bridgehead atoms. The van der Waals surface area contributed by atoms with Crippen LogP contribution in [-0.2, 0) is 11.3 Å². The van der Waals surface area contributed by atoms with Crippen molar-refractivity contribution >= 4 is 52.1 Å². The molecule has 0 saturated carbocycles. The van der Waals surface area contributed by atoms with E-state index in [0.29, 0.717) is 27.5 Å². The lowest BCUT2D eigenvalue weighted by molar-refractivity contribution is -0.138. The lowest BCUT2D eigenvalue weighted by Crippen LogP contribution is -2.27. The molecule has 0 unspecified atom stereocenters. The van der Waals surface area contributed by atoms with Gasteiger partial charge in [0.1, 0.15) is 9.90 Å². The molecule has 3 aromatic rings. The molecule has 8 heteroatoms. The first kappa shape index (κ1) is 18.0. The van der Waals surface area contributed by atoms with Crippen LogP contribution < -0.4 is 0 Å². The van der Waals surface area contributed by atoms with Gasteiger partial charge >= 0.3 is 5.97 Å². The van der Waals surface area contributed by atoms with E-state index in [1.54, 1.807) is 19.9 Å². The summed E-state index contributed by atoms with van der Waals surface area (Å²) in [6, 6.07) is 11.0. The summed E-state index contributed by atoms with van der Waals surface area (Å²) in [4.78, 5) is 20.2. The van der Waals surface area contributed by atoms with Gasteiger partial charge in [0, 0.05) is 5.02 Å². The number of aliphatic carboxylic acids is 1. The fourth-order valence-corrected chi connectivity index (χ4v) is 3.46. The number of carboxylic acid groups (broad SMARTS) is 1. The fourth-order valence-electron chi connectivity index (χ4n) is 2.24. The van der Waals surface area contributed by atoms with Crippen molar-refractivity contribution < 1.29 is 9.90 Å². The first-order valence-corrected chi connectivity index (χ1v) is 9.03. The number of halogens is 2. The minimum Gasteiger partial charge on any atom is -0.480 e. The molecule has 1 N–H and O–H groups in total. The van der Waals surface area contributed by atoms with Crippen molar-refractivity contribution in [3.63, 3.8) is 0 Å². The average molecular weight is 396 g/mol. The molecular formula is C17H15Cl2N3O2S. The Hall–Kier alpha value is -1.76. The molecule has 1 aromatic carbocycles. The normalized spacial score (nSPS) is 11.8. The van der Waals surface area contributed by atoms with Gasteiger partial charge in [0.25, 0.3) is 0 Å².